The third-order valence-corrected chi connectivity index (χ3v) is 1.80. The van der Waals surface area contributed by atoms with E-state index in [1.807, 2.05) is 0 Å². The summed E-state index contributed by atoms with van der Waals surface area (Å²) >= 11 is 0. The Bertz CT molecular complexity index is 405. The minimum Gasteiger partial charge on any atom is -0.289 e. The van der Waals surface area contributed by atoms with Gasteiger partial charge in [0, 0.05) is 12.6 Å². The molecule has 0 aliphatic carbocycles. The van der Waals surface area contributed by atoms with Crippen molar-refractivity contribution < 1.29 is 31.1 Å². The van der Waals surface area contributed by atoms with Gasteiger partial charge in [-0.2, -0.15) is 26.3 Å². The molecule has 0 fully saturated rings. The minimum absolute atomic E-state index is 0.222. The van der Waals surface area contributed by atoms with E-state index in [9.17, 15) is 31.1 Å². The number of halogens is 6. The second-order valence-corrected chi connectivity index (χ2v) is 3.15. The highest BCUT2D eigenvalue weighted by atomic mass is 19.4. The third-order valence-electron chi connectivity index (χ3n) is 1.80. The van der Waals surface area contributed by atoms with Crippen LogP contribution in [-0.4, -0.2) is 16.9 Å². The van der Waals surface area contributed by atoms with Crippen molar-refractivity contribution >= 4 is 5.78 Å². The molecular formula is C9H5F6NO. The molecule has 94 valence electrons. The fourth-order valence-corrected chi connectivity index (χ4v) is 0.982. The van der Waals surface area contributed by atoms with Crippen molar-refractivity contribution in [2.45, 2.75) is 18.8 Å². The molecule has 0 bridgehead atoms. The Morgan fingerprint density at radius 3 is 2.06 bits per heavy atom. The molecule has 1 aromatic rings. The first-order chi connectivity index (χ1) is 7.60. The van der Waals surface area contributed by atoms with E-state index in [-0.39, 0.29) is 5.56 Å². The van der Waals surface area contributed by atoms with E-state index in [2.05, 4.69) is 4.98 Å². The van der Waals surface area contributed by atoms with Crippen molar-refractivity contribution in [3.63, 3.8) is 0 Å². The first-order valence-corrected chi connectivity index (χ1v) is 4.23. The Hall–Kier alpha value is -1.60. The van der Waals surface area contributed by atoms with Crippen LogP contribution < -0.4 is 0 Å². The van der Waals surface area contributed by atoms with Gasteiger partial charge < -0.3 is 0 Å². The van der Waals surface area contributed by atoms with Crippen molar-refractivity contribution in [1.82, 2.24) is 4.98 Å². The number of ketones is 1. The maximum atomic E-state index is 12.1. The highest BCUT2D eigenvalue weighted by Gasteiger charge is 2.38. The smallest absolute Gasteiger partial charge is 0.289 e. The number of rotatable bonds is 2. The Morgan fingerprint density at radius 2 is 1.71 bits per heavy atom. The van der Waals surface area contributed by atoms with Gasteiger partial charge in [0.25, 0.3) is 0 Å². The molecule has 0 radical (unpaired) electrons. The van der Waals surface area contributed by atoms with Crippen molar-refractivity contribution in [3.8, 4) is 0 Å². The van der Waals surface area contributed by atoms with E-state index in [1.165, 1.54) is 0 Å². The van der Waals surface area contributed by atoms with Gasteiger partial charge >= 0.3 is 12.4 Å². The molecule has 0 saturated heterocycles. The SMILES string of the molecule is O=C(Cc1ccc(C(F)(F)F)nc1)C(F)(F)F. The molecule has 0 saturated carbocycles. The fourth-order valence-electron chi connectivity index (χ4n) is 0.982. The average Bonchev–Trinajstić information content (AvgIpc) is 2.15. The number of carbonyl (C=O) groups is 1. The maximum absolute atomic E-state index is 12.1. The zero-order valence-electron chi connectivity index (χ0n) is 8.06. The average molecular weight is 257 g/mol. The van der Waals surface area contributed by atoms with Crippen LogP contribution in [0.5, 0.6) is 0 Å². The van der Waals surface area contributed by atoms with Crippen LogP contribution in [0.4, 0.5) is 26.3 Å². The first-order valence-electron chi connectivity index (χ1n) is 4.23. The number of alkyl halides is 6. The highest BCUT2D eigenvalue weighted by Crippen LogP contribution is 2.27. The summed E-state index contributed by atoms with van der Waals surface area (Å²) in [6.07, 6.45) is -10.1. The van der Waals surface area contributed by atoms with E-state index in [0.717, 1.165) is 6.07 Å². The molecule has 0 atom stereocenters. The van der Waals surface area contributed by atoms with Gasteiger partial charge in [-0.05, 0) is 11.6 Å². The highest BCUT2D eigenvalue weighted by molar-refractivity contribution is 5.85. The third kappa shape index (κ3) is 3.72. The van der Waals surface area contributed by atoms with Crippen LogP contribution in [0.25, 0.3) is 0 Å². The summed E-state index contributed by atoms with van der Waals surface area (Å²) in [5.74, 6) is -2.03. The number of carbonyl (C=O) groups excluding carboxylic acids is 1. The molecule has 8 heteroatoms. The van der Waals surface area contributed by atoms with Gasteiger partial charge in [-0.1, -0.05) is 6.07 Å². The molecule has 0 aromatic carbocycles. The largest absolute Gasteiger partial charge is 0.450 e. The molecule has 1 heterocycles. The molecule has 0 spiro atoms. The summed E-state index contributed by atoms with van der Waals surface area (Å²) in [5, 5.41) is 0. The van der Waals surface area contributed by atoms with E-state index in [4.69, 9.17) is 0 Å². The van der Waals surface area contributed by atoms with Crippen LogP contribution >= 0.6 is 0 Å². The zero-order chi connectivity index (χ0) is 13.3. The lowest BCUT2D eigenvalue weighted by molar-refractivity contribution is -0.170. The van der Waals surface area contributed by atoms with Crippen molar-refractivity contribution in [2.24, 2.45) is 0 Å². The van der Waals surface area contributed by atoms with Gasteiger partial charge in [-0.3, -0.25) is 9.78 Å². The quantitative estimate of drug-likeness (QED) is 0.762. The van der Waals surface area contributed by atoms with Crippen LogP contribution in [-0.2, 0) is 17.4 Å². The van der Waals surface area contributed by atoms with Gasteiger partial charge in [-0.15, -0.1) is 0 Å². The van der Waals surface area contributed by atoms with Crippen LogP contribution in [0, 0.1) is 0 Å². The Morgan fingerprint density at radius 1 is 1.12 bits per heavy atom. The number of Topliss-reactive ketones (excluding diaryl/α,β-unsaturated/α-hetero) is 1. The Balaban J connectivity index is 2.80. The molecule has 1 rings (SSSR count). The second-order valence-electron chi connectivity index (χ2n) is 3.15. The van der Waals surface area contributed by atoms with E-state index in [1.54, 1.807) is 0 Å². The molecule has 0 N–H and O–H groups in total. The number of aromatic nitrogens is 1. The van der Waals surface area contributed by atoms with Gasteiger partial charge in [0.1, 0.15) is 5.69 Å². The van der Waals surface area contributed by atoms with Crippen molar-refractivity contribution in [3.05, 3.63) is 29.6 Å². The molecule has 17 heavy (non-hydrogen) atoms. The molecule has 1 aromatic heterocycles. The van der Waals surface area contributed by atoms with Crippen LogP contribution in [0.15, 0.2) is 18.3 Å². The second kappa shape index (κ2) is 4.34. The van der Waals surface area contributed by atoms with Gasteiger partial charge in [-0.25, -0.2) is 0 Å². The van der Waals surface area contributed by atoms with E-state index >= 15 is 0 Å². The van der Waals surface area contributed by atoms with Gasteiger partial charge in [0.05, 0.1) is 0 Å². The van der Waals surface area contributed by atoms with E-state index in [0.29, 0.717) is 12.3 Å². The lowest BCUT2D eigenvalue weighted by atomic mass is 10.1. The molecule has 0 unspecified atom stereocenters. The Kier molecular flexibility index (Phi) is 3.44. The normalized spacial score (nSPS) is 12.6. The fraction of sp³-hybridized carbons (Fsp3) is 0.333. The predicted molar refractivity (Wildman–Crippen MR) is 44.0 cm³/mol. The summed E-state index contributed by atoms with van der Waals surface area (Å²) < 4.78 is 71.7. The number of hydrogen-bond donors (Lipinski definition) is 0. The van der Waals surface area contributed by atoms with Crippen molar-refractivity contribution in [2.75, 3.05) is 0 Å². The zero-order valence-corrected chi connectivity index (χ0v) is 8.06. The molecule has 2 nitrogen and oxygen atoms in total. The summed E-state index contributed by atoms with van der Waals surface area (Å²) in [7, 11) is 0. The molecular weight excluding hydrogens is 252 g/mol. The summed E-state index contributed by atoms with van der Waals surface area (Å²) in [6.45, 7) is 0. The minimum atomic E-state index is -5.00. The summed E-state index contributed by atoms with van der Waals surface area (Å²) in [4.78, 5) is 13.5. The standard InChI is InChI=1S/C9H5F6NO/c10-8(11,12)6-2-1-5(4-16-6)3-7(17)9(13,14)15/h1-2,4H,3H2. The van der Waals surface area contributed by atoms with Crippen LogP contribution in [0.2, 0.25) is 0 Å². The first kappa shape index (κ1) is 13.5. The summed E-state index contributed by atoms with van der Waals surface area (Å²) in [5.41, 5.74) is -1.44. The Labute approximate surface area is 91.3 Å². The maximum Gasteiger partial charge on any atom is 0.450 e. The lowest BCUT2D eigenvalue weighted by Gasteiger charge is -2.07. The van der Waals surface area contributed by atoms with Crippen molar-refractivity contribution in [1.29, 1.82) is 0 Å². The van der Waals surface area contributed by atoms with Gasteiger partial charge in [0.2, 0.25) is 5.78 Å². The lowest BCUT2D eigenvalue weighted by Crippen LogP contribution is -2.24. The topological polar surface area (TPSA) is 30.0 Å². The molecule has 0 aliphatic heterocycles. The van der Waals surface area contributed by atoms with Crippen LogP contribution in [0.3, 0.4) is 0 Å². The number of hydrogen-bond acceptors (Lipinski definition) is 2. The molecule has 0 amide bonds. The van der Waals surface area contributed by atoms with Gasteiger partial charge in [0.15, 0.2) is 0 Å². The monoisotopic (exact) mass is 257 g/mol. The van der Waals surface area contributed by atoms with Crippen LogP contribution in [0.1, 0.15) is 11.3 Å². The predicted octanol–water partition coefficient (Wildman–Crippen LogP) is 2.77. The van der Waals surface area contributed by atoms with E-state index < -0.39 is 30.3 Å². The summed E-state index contributed by atoms with van der Waals surface area (Å²) in [6, 6.07) is 1.32. The number of nitrogens with zero attached hydrogens (tertiary/aromatic N) is 1. The number of pyridine rings is 1. The molecule has 0 aliphatic rings.